The van der Waals surface area contributed by atoms with Crippen LogP contribution in [0.4, 0.5) is 0 Å². The molecule has 0 saturated heterocycles. The summed E-state index contributed by atoms with van der Waals surface area (Å²) in [4.78, 5) is 11.8. The molecule has 0 heterocycles. The first-order chi connectivity index (χ1) is 8.52. The molecule has 1 rings (SSSR count). The van der Waals surface area contributed by atoms with Gasteiger partial charge in [0.05, 0.1) is 6.04 Å². The third kappa shape index (κ3) is 4.88. The third-order valence-electron chi connectivity index (χ3n) is 3.09. The maximum Gasteiger partial charge on any atom is 0.237 e. The molecule has 0 radical (unpaired) electrons. The maximum atomic E-state index is 11.8. The monoisotopic (exact) mass is 248 g/mol. The summed E-state index contributed by atoms with van der Waals surface area (Å²) in [6.45, 7) is 8.77. The molecule has 1 amide bonds. The van der Waals surface area contributed by atoms with Crippen LogP contribution < -0.4 is 10.6 Å². The number of hydrogen-bond acceptors (Lipinski definition) is 2. The van der Waals surface area contributed by atoms with Gasteiger partial charge in [-0.1, -0.05) is 36.8 Å². The zero-order valence-corrected chi connectivity index (χ0v) is 11.8. The topological polar surface area (TPSA) is 41.1 Å². The van der Waals surface area contributed by atoms with E-state index < -0.39 is 0 Å². The van der Waals surface area contributed by atoms with Gasteiger partial charge in [-0.3, -0.25) is 4.79 Å². The fraction of sp³-hybridized carbons (Fsp3) is 0.533. The summed E-state index contributed by atoms with van der Waals surface area (Å²) in [6, 6.07) is 8.38. The molecule has 0 aliphatic carbocycles. The van der Waals surface area contributed by atoms with Crippen molar-refractivity contribution < 1.29 is 4.79 Å². The second kappa shape index (κ2) is 7.17. The van der Waals surface area contributed by atoms with Crippen LogP contribution in [-0.2, 0) is 11.3 Å². The second-order valence-electron chi connectivity index (χ2n) is 4.91. The summed E-state index contributed by atoms with van der Waals surface area (Å²) in [5.41, 5.74) is 2.45. The zero-order valence-electron chi connectivity index (χ0n) is 11.8. The highest BCUT2D eigenvalue weighted by atomic mass is 16.2. The minimum absolute atomic E-state index is 0.0667. The number of amides is 1. The number of benzene rings is 1. The van der Waals surface area contributed by atoms with Crippen molar-refractivity contribution in [2.45, 2.75) is 52.7 Å². The van der Waals surface area contributed by atoms with Crippen molar-refractivity contribution in [1.82, 2.24) is 10.6 Å². The molecular formula is C15H24N2O. The molecule has 0 spiro atoms. The molecule has 0 fully saturated rings. The summed E-state index contributed by atoms with van der Waals surface area (Å²) in [6.07, 6.45) is 0.955. The maximum absolute atomic E-state index is 11.8. The van der Waals surface area contributed by atoms with Gasteiger partial charge in [0.1, 0.15) is 0 Å². The van der Waals surface area contributed by atoms with Gasteiger partial charge in [0.15, 0.2) is 0 Å². The van der Waals surface area contributed by atoms with Crippen molar-refractivity contribution in [2.24, 2.45) is 0 Å². The summed E-state index contributed by atoms with van der Waals surface area (Å²) in [7, 11) is 0. The van der Waals surface area contributed by atoms with Crippen molar-refractivity contribution in [1.29, 1.82) is 0 Å². The summed E-state index contributed by atoms with van der Waals surface area (Å²) < 4.78 is 0. The lowest BCUT2D eigenvalue weighted by Gasteiger charge is -2.17. The van der Waals surface area contributed by atoms with E-state index in [-0.39, 0.29) is 18.0 Å². The Kier molecular flexibility index (Phi) is 5.86. The predicted molar refractivity (Wildman–Crippen MR) is 75.4 cm³/mol. The normalized spacial score (nSPS) is 14.0. The molecule has 2 unspecified atom stereocenters. The van der Waals surface area contributed by atoms with E-state index in [1.165, 1.54) is 11.1 Å². The summed E-state index contributed by atoms with van der Waals surface area (Å²) in [5, 5.41) is 6.22. The average Bonchev–Trinajstić information content (AvgIpc) is 2.35. The van der Waals surface area contributed by atoms with Gasteiger partial charge in [-0.25, -0.2) is 0 Å². The first kappa shape index (κ1) is 14.7. The minimum atomic E-state index is -0.167. The SMILES string of the molecule is CCC(C)NC(=O)C(C)NCc1cccc(C)c1. The molecule has 0 aliphatic heterocycles. The van der Waals surface area contributed by atoms with Gasteiger partial charge in [0, 0.05) is 12.6 Å². The van der Waals surface area contributed by atoms with E-state index in [0.717, 1.165) is 13.0 Å². The van der Waals surface area contributed by atoms with E-state index in [1.807, 2.05) is 19.9 Å². The van der Waals surface area contributed by atoms with Crippen LogP contribution in [0.1, 0.15) is 38.3 Å². The van der Waals surface area contributed by atoms with Crippen LogP contribution >= 0.6 is 0 Å². The Morgan fingerprint density at radius 3 is 2.67 bits per heavy atom. The molecule has 0 aromatic heterocycles. The van der Waals surface area contributed by atoms with Gasteiger partial charge in [-0.05, 0) is 32.8 Å². The number of carbonyl (C=O) groups is 1. The fourth-order valence-corrected chi connectivity index (χ4v) is 1.66. The van der Waals surface area contributed by atoms with Crippen molar-refractivity contribution in [2.75, 3.05) is 0 Å². The molecule has 1 aromatic carbocycles. The van der Waals surface area contributed by atoms with Gasteiger partial charge in [0.2, 0.25) is 5.91 Å². The molecule has 0 saturated carbocycles. The Morgan fingerprint density at radius 1 is 1.33 bits per heavy atom. The summed E-state index contributed by atoms with van der Waals surface area (Å²) in [5.74, 6) is 0.0667. The second-order valence-corrected chi connectivity index (χ2v) is 4.91. The lowest BCUT2D eigenvalue weighted by atomic mass is 10.1. The van der Waals surface area contributed by atoms with Gasteiger partial charge in [0.25, 0.3) is 0 Å². The lowest BCUT2D eigenvalue weighted by Crippen LogP contribution is -2.45. The highest BCUT2D eigenvalue weighted by molar-refractivity contribution is 5.81. The molecule has 100 valence electrons. The first-order valence-electron chi connectivity index (χ1n) is 6.62. The van der Waals surface area contributed by atoms with Crippen molar-refractivity contribution in [3.05, 3.63) is 35.4 Å². The van der Waals surface area contributed by atoms with Crippen molar-refractivity contribution in [3.8, 4) is 0 Å². The quantitative estimate of drug-likeness (QED) is 0.811. The standard InChI is InChI=1S/C15H24N2O/c1-5-12(3)17-15(18)13(4)16-10-14-8-6-7-11(2)9-14/h6-9,12-13,16H,5,10H2,1-4H3,(H,17,18). The van der Waals surface area contributed by atoms with Crippen LogP contribution in [0.5, 0.6) is 0 Å². The Hall–Kier alpha value is -1.35. The highest BCUT2D eigenvalue weighted by Gasteiger charge is 2.13. The van der Waals surface area contributed by atoms with Crippen molar-refractivity contribution >= 4 is 5.91 Å². The first-order valence-corrected chi connectivity index (χ1v) is 6.62. The van der Waals surface area contributed by atoms with Crippen LogP contribution in [0.3, 0.4) is 0 Å². The zero-order chi connectivity index (χ0) is 13.5. The largest absolute Gasteiger partial charge is 0.352 e. The Balaban J connectivity index is 2.41. The molecule has 18 heavy (non-hydrogen) atoms. The van der Waals surface area contributed by atoms with E-state index in [9.17, 15) is 4.79 Å². The summed E-state index contributed by atoms with van der Waals surface area (Å²) >= 11 is 0. The van der Waals surface area contributed by atoms with E-state index in [2.05, 4.69) is 42.7 Å². The molecule has 2 atom stereocenters. The van der Waals surface area contributed by atoms with E-state index in [4.69, 9.17) is 0 Å². The van der Waals surface area contributed by atoms with E-state index in [1.54, 1.807) is 0 Å². The fourth-order valence-electron chi connectivity index (χ4n) is 1.66. The lowest BCUT2D eigenvalue weighted by molar-refractivity contribution is -0.123. The van der Waals surface area contributed by atoms with E-state index in [0.29, 0.717) is 0 Å². The van der Waals surface area contributed by atoms with Gasteiger partial charge < -0.3 is 10.6 Å². The minimum Gasteiger partial charge on any atom is -0.352 e. The Labute approximate surface area is 110 Å². The highest BCUT2D eigenvalue weighted by Crippen LogP contribution is 2.03. The predicted octanol–water partition coefficient (Wildman–Crippen LogP) is 2.39. The molecule has 2 N–H and O–H groups in total. The van der Waals surface area contributed by atoms with Crippen LogP contribution in [0.2, 0.25) is 0 Å². The van der Waals surface area contributed by atoms with Crippen LogP contribution in [0, 0.1) is 6.92 Å². The third-order valence-corrected chi connectivity index (χ3v) is 3.09. The molecule has 3 nitrogen and oxygen atoms in total. The van der Waals surface area contributed by atoms with Gasteiger partial charge in [-0.15, -0.1) is 0 Å². The Morgan fingerprint density at radius 2 is 2.06 bits per heavy atom. The Bertz CT molecular complexity index is 390. The molecule has 0 aliphatic rings. The number of rotatable bonds is 6. The molecule has 0 bridgehead atoms. The van der Waals surface area contributed by atoms with Crippen LogP contribution in [0.15, 0.2) is 24.3 Å². The molecule has 3 heteroatoms. The number of nitrogens with one attached hydrogen (secondary N) is 2. The van der Waals surface area contributed by atoms with E-state index >= 15 is 0 Å². The number of carbonyl (C=O) groups excluding carboxylic acids is 1. The smallest absolute Gasteiger partial charge is 0.237 e. The van der Waals surface area contributed by atoms with Crippen LogP contribution in [-0.4, -0.2) is 18.0 Å². The van der Waals surface area contributed by atoms with Crippen molar-refractivity contribution in [3.63, 3.8) is 0 Å². The molecular weight excluding hydrogens is 224 g/mol. The molecule has 1 aromatic rings. The number of aryl methyl sites for hydroxylation is 1. The number of hydrogen-bond donors (Lipinski definition) is 2. The van der Waals surface area contributed by atoms with Gasteiger partial charge in [-0.2, -0.15) is 0 Å². The van der Waals surface area contributed by atoms with Crippen LogP contribution in [0.25, 0.3) is 0 Å². The van der Waals surface area contributed by atoms with Gasteiger partial charge >= 0.3 is 0 Å². The average molecular weight is 248 g/mol.